The Morgan fingerprint density at radius 2 is 2.05 bits per heavy atom. The average Bonchev–Trinajstić information content (AvgIpc) is 2.42. The summed E-state index contributed by atoms with van der Waals surface area (Å²) in [6.45, 7) is 7.36. The topological polar surface area (TPSA) is 70.6 Å². The summed E-state index contributed by atoms with van der Waals surface area (Å²) in [7, 11) is 0. The van der Waals surface area contributed by atoms with Crippen molar-refractivity contribution in [2.75, 3.05) is 0 Å². The van der Waals surface area contributed by atoms with Gasteiger partial charge in [0, 0.05) is 23.2 Å². The molecule has 1 aromatic rings. The fraction of sp³-hybridized carbons (Fsp3) is 0.533. The number of oxime groups is 1. The van der Waals surface area contributed by atoms with Crippen LogP contribution in [-0.2, 0) is 6.54 Å². The minimum atomic E-state index is 0.0664. The standard InChI is InChI=1S/C15H24ClN3O/c1-10(2)4-5-11(3)18-9-13-7-6-12(8-14(13)16)15(17)19-20/h6-8,10-11,18,20H,4-5,9H2,1-3H3,(H2,17,19). The predicted octanol–water partition coefficient (Wildman–Crippen LogP) is 3.35. The Morgan fingerprint density at radius 3 is 2.60 bits per heavy atom. The van der Waals surface area contributed by atoms with Crippen LogP contribution in [-0.4, -0.2) is 17.1 Å². The highest BCUT2D eigenvalue weighted by atomic mass is 35.5. The molecule has 0 bridgehead atoms. The predicted molar refractivity (Wildman–Crippen MR) is 84.3 cm³/mol. The first-order valence-electron chi connectivity index (χ1n) is 6.93. The van der Waals surface area contributed by atoms with Gasteiger partial charge in [-0.15, -0.1) is 0 Å². The van der Waals surface area contributed by atoms with Gasteiger partial charge in [0.2, 0.25) is 0 Å². The summed E-state index contributed by atoms with van der Waals surface area (Å²) >= 11 is 6.21. The molecule has 4 N–H and O–H groups in total. The summed E-state index contributed by atoms with van der Waals surface area (Å²) in [5.74, 6) is 0.791. The van der Waals surface area contributed by atoms with Crippen LogP contribution in [0.5, 0.6) is 0 Å². The lowest BCUT2D eigenvalue weighted by Gasteiger charge is -2.16. The van der Waals surface area contributed by atoms with Gasteiger partial charge in [0.05, 0.1) is 0 Å². The van der Waals surface area contributed by atoms with Crippen molar-refractivity contribution in [3.05, 3.63) is 34.3 Å². The maximum Gasteiger partial charge on any atom is 0.170 e. The quantitative estimate of drug-likeness (QED) is 0.313. The summed E-state index contributed by atoms with van der Waals surface area (Å²) in [4.78, 5) is 0. The molecule has 4 nitrogen and oxygen atoms in total. The van der Waals surface area contributed by atoms with E-state index in [-0.39, 0.29) is 5.84 Å². The molecule has 0 heterocycles. The number of hydrogen-bond donors (Lipinski definition) is 3. The van der Waals surface area contributed by atoms with Crippen molar-refractivity contribution < 1.29 is 5.21 Å². The van der Waals surface area contributed by atoms with Crippen molar-refractivity contribution in [2.24, 2.45) is 16.8 Å². The van der Waals surface area contributed by atoms with Gasteiger partial charge in [0.1, 0.15) is 0 Å². The lowest BCUT2D eigenvalue weighted by Crippen LogP contribution is -2.26. The van der Waals surface area contributed by atoms with Crippen molar-refractivity contribution in [1.82, 2.24) is 5.32 Å². The van der Waals surface area contributed by atoms with Crippen LogP contribution in [0.25, 0.3) is 0 Å². The van der Waals surface area contributed by atoms with Crippen molar-refractivity contribution in [2.45, 2.75) is 46.2 Å². The van der Waals surface area contributed by atoms with E-state index in [1.807, 2.05) is 6.07 Å². The molecule has 1 unspecified atom stereocenters. The van der Waals surface area contributed by atoms with Gasteiger partial charge < -0.3 is 16.3 Å². The molecule has 0 aliphatic rings. The zero-order chi connectivity index (χ0) is 15.1. The molecule has 0 aromatic heterocycles. The molecular formula is C15H24ClN3O. The normalized spacial score (nSPS) is 13.8. The van der Waals surface area contributed by atoms with E-state index in [9.17, 15) is 0 Å². The monoisotopic (exact) mass is 297 g/mol. The van der Waals surface area contributed by atoms with Gasteiger partial charge in [0.25, 0.3) is 0 Å². The van der Waals surface area contributed by atoms with E-state index in [1.54, 1.807) is 12.1 Å². The molecule has 0 amide bonds. The molecule has 0 aliphatic carbocycles. The number of nitrogens with zero attached hydrogens (tertiary/aromatic N) is 1. The molecule has 0 saturated heterocycles. The number of rotatable bonds is 7. The van der Waals surface area contributed by atoms with Crippen LogP contribution in [0.1, 0.15) is 44.7 Å². The lowest BCUT2D eigenvalue weighted by molar-refractivity contribution is 0.318. The summed E-state index contributed by atoms with van der Waals surface area (Å²) in [6, 6.07) is 5.87. The van der Waals surface area contributed by atoms with E-state index in [2.05, 4.69) is 31.2 Å². The molecule has 1 atom stereocenters. The van der Waals surface area contributed by atoms with Gasteiger partial charge in [-0.1, -0.05) is 42.7 Å². The van der Waals surface area contributed by atoms with Gasteiger partial charge in [-0.2, -0.15) is 0 Å². The summed E-state index contributed by atoms with van der Waals surface area (Å²) in [5.41, 5.74) is 7.16. The Morgan fingerprint density at radius 1 is 1.35 bits per heavy atom. The van der Waals surface area contributed by atoms with Crippen molar-refractivity contribution in [3.63, 3.8) is 0 Å². The Labute approximate surface area is 126 Å². The first-order chi connectivity index (χ1) is 9.43. The van der Waals surface area contributed by atoms with Gasteiger partial charge in [-0.25, -0.2) is 0 Å². The maximum absolute atomic E-state index is 8.64. The second-order valence-electron chi connectivity index (χ2n) is 5.54. The Hall–Kier alpha value is -1.26. The molecule has 1 aromatic carbocycles. The van der Waals surface area contributed by atoms with Crippen LogP contribution in [0.2, 0.25) is 5.02 Å². The van der Waals surface area contributed by atoms with E-state index >= 15 is 0 Å². The number of benzene rings is 1. The fourth-order valence-corrected chi connectivity index (χ4v) is 2.12. The Kier molecular flexibility index (Phi) is 6.82. The average molecular weight is 298 g/mol. The van der Waals surface area contributed by atoms with E-state index in [1.165, 1.54) is 6.42 Å². The molecule has 0 aliphatic heterocycles. The van der Waals surface area contributed by atoms with Crippen LogP contribution >= 0.6 is 11.6 Å². The first-order valence-corrected chi connectivity index (χ1v) is 7.31. The SMILES string of the molecule is CC(C)CCC(C)NCc1ccc(/C(N)=N/O)cc1Cl. The zero-order valence-corrected chi connectivity index (χ0v) is 13.1. The van der Waals surface area contributed by atoms with Crippen LogP contribution < -0.4 is 11.1 Å². The van der Waals surface area contributed by atoms with Crippen LogP contribution in [0.3, 0.4) is 0 Å². The first kappa shape index (κ1) is 16.8. The summed E-state index contributed by atoms with van der Waals surface area (Å²) in [6.07, 6.45) is 2.36. The minimum Gasteiger partial charge on any atom is -0.409 e. The molecule has 5 heteroatoms. The van der Waals surface area contributed by atoms with Gasteiger partial charge in [-0.05, 0) is 37.3 Å². The molecule has 1 rings (SSSR count). The van der Waals surface area contributed by atoms with Gasteiger partial charge in [-0.3, -0.25) is 0 Å². The van der Waals surface area contributed by atoms with Crippen molar-refractivity contribution >= 4 is 17.4 Å². The third-order valence-corrected chi connectivity index (χ3v) is 3.63. The summed E-state index contributed by atoms with van der Waals surface area (Å²) < 4.78 is 0. The van der Waals surface area contributed by atoms with Crippen LogP contribution in [0.4, 0.5) is 0 Å². The molecule has 0 spiro atoms. The van der Waals surface area contributed by atoms with Gasteiger partial charge >= 0.3 is 0 Å². The third-order valence-electron chi connectivity index (χ3n) is 3.27. The van der Waals surface area contributed by atoms with Gasteiger partial charge in [0.15, 0.2) is 5.84 Å². The number of amidine groups is 1. The number of nitrogens with one attached hydrogen (secondary N) is 1. The van der Waals surface area contributed by atoms with E-state index in [0.29, 0.717) is 23.2 Å². The minimum absolute atomic E-state index is 0.0664. The molecule has 20 heavy (non-hydrogen) atoms. The van der Waals surface area contributed by atoms with Crippen molar-refractivity contribution in [3.8, 4) is 0 Å². The maximum atomic E-state index is 8.64. The molecule has 0 saturated carbocycles. The summed E-state index contributed by atoms with van der Waals surface area (Å²) in [5, 5.41) is 15.7. The molecule has 0 fully saturated rings. The lowest BCUT2D eigenvalue weighted by atomic mass is 10.0. The molecule has 0 radical (unpaired) electrons. The largest absolute Gasteiger partial charge is 0.409 e. The van der Waals surface area contributed by atoms with E-state index in [0.717, 1.165) is 17.9 Å². The number of hydrogen-bond acceptors (Lipinski definition) is 3. The molecular weight excluding hydrogens is 274 g/mol. The second kappa shape index (κ2) is 8.12. The smallest absolute Gasteiger partial charge is 0.170 e. The zero-order valence-electron chi connectivity index (χ0n) is 12.4. The fourth-order valence-electron chi connectivity index (χ4n) is 1.88. The van der Waals surface area contributed by atoms with E-state index in [4.69, 9.17) is 22.5 Å². The highest BCUT2D eigenvalue weighted by Crippen LogP contribution is 2.18. The number of halogens is 1. The highest BCUT2D eigenvalue weighted by Gasteiger charge is 2.07. The van der Waals surface area contributed by atoms with Crippen molar-refractivity contribution in [1.29, 1.82) is 0 Å². The number of nitrogens with two attached hydrogens (primary N) is 1. The Bertz CT molecular complexity index is 460. The van der Waals surface area contributed by atoms with Crippen LogP contribution in [0, 0.1) is 5.92 Å². The third kappa shape index (κ3) is 5.39. The highest BCUT2D eigenvalue weighted by molar-refractivity contribution is 6.31. The van der Waals surface area contributed by atoms with E-state index < -0.39 is 0 Å². The second-order valence-corrected chi connectivity index (χ2v) is 5.95. The van der Waals surface area contributed by atoms with Crippen LogP contribution in [0.15, 0.2) is 23.4 Å². The molecule has 112 valence electrons. The Balaban J connectivity index is 2.56.